The molecule has 0 amide bonds. The fraction of sp³-hybridized carbons (Fsp3) is 0.750. The average Bonchev–Trinajstić information content (AvgIpc) is 2.75. The number of rotatable bonds is 6. The second kappa shape index (κ2) is 6.01. The molecule has 1 heterocycles. The van der Waals surface area contributed by atoms with Crippen molar-refractivity contribution >= 4 is 0 Å². The lowest BCUT2D eigenvalue weighted by Crippen LogP contribution is -2.36. The largest absolute Gasteiger partial charge is 0.380 e. The molecule has 0 aliphatic rings. The molecule has 16 heavy (non-hydrogen) atoms. The summed E-state index contributed by atoms with van der Waals surface area (Å²) in [4.78, 5) is 0. The summed E-state index contributed by atoms with van der Waals surface area (Å²) >= 11 is 0. The second-order valence-electron chi connectivity index (χ2n) is 4.35. The molecule has 0 spiro atoms. The highest BCUT2D eigenvalue weighted by Gasteiger charge is 2.14. The normalized spacial score (nSPS) is 17.1. The van der Waals surface area contributed by atoms with Crippen molar-refractivity contribution in [3.8, 4) is 0 Å². The molecule has 0 aliphatic carbocycles. The van der Waals surface area contributed by atoms with Crippen molar-refractivity contribution < 1.29 is 4.74 Å². The van der Waals surface area contributed by atoms with Crippen molar-refractivity contribution in [1.82, 2.24) is 9.78 Å². The van der Waals surface area contributed by atoms with Crippen LogP contribution >= 0.6 is 0 Å². The van der Waals surface area contributed by atoms with Crippen LogP contribution in [0.5, 0.6) is 0 Å². The lowest BCUT2D eigenvalue weighted by Gasteiger charge is -2.17. The van der Waals surface area contributed by atoms with Gasteiger partial charge in [-0.25, -0.2) is 0 Å². The molecule has 0 saturated carbocycles. The zero-order chi connectivity index (χ0) is 12.1. The van der Waals surface area contributed by atoms with Gasteiger partial charge < -0.3 is 10.5 Å². The number of hydrogen-bond acceptors (Lipinski definition) is 3. The predicted octanol–water partition coefficient (Wildman–Crippen LogP) is 1.76. The standard InChI is InChI=1S/C12H23N3O/c1-5-9(2)15-7-6-11(14-15)8-12(13)10(3)16-4/h6-7,9-10,12H,5,8,13H2,1-4H3. The van der Waals surface area contributed by atoms with Crippen LogP contribution < -0.4 is 5.73 Å². The maximum absolute atomic E-state index is 6.00. The van der Waals surface area contributed by atoms with E-state index in [0.29, 0.717) is 6.04 Å². The molecule has 1 aromatic rings. The Balaban J connectivity index is 2.58. The highest BCUT2D eigenvalue weighted by Crippen LogP contribution is 2.10. The molecule has 0 saturated heterocycles. The number of nitrogens with zero attached hydrogens (tertiary/aromatic N) is 2. The third-order valence-corrected chi connectivity index (χ3v) is 3.13. The maximum Gasteiger partial charge on any atom is 0.0697 e. The topological polar surface area (TPSA) is 53.1 Å². The molecule has 1 aromatic heterocycles. The van der Waals surface area contributed by atoms with Crippen LogP contribution in [0, 0.1) is 0 Å². The summed E-state index contributed by atoms with van der Waals surface area (Å²) < 4.78 is 7.20. The zero-order valence-corrected chi connectivity index (χ0v) is 10.7. The van der Waals surface area contributed by atoms with Gasteiger partial charge in [0.2, 0.25) is 0 Å². The number of nitrogens with two attached hydrogens (primary N) is 1. The third-order valence-electron chi connectivity index (χ3n) is 3.13. The van der Waals surface area contributed by atoms with Gasteiger partial charge in [0.25, 0.3) is 0 Å². The van der Waals surface area contributed by atoms with Crippen LogP contribution in [0.4, 0.5) is 0 Å². The van der Waals surface area contributed by atoms with Gasteiger partial charge in [0.1, 0.15) is 0 Å². The van der Waals surface area contributed by atoms with E-state index in [9.17, 15) is 0 Å². The number of ether oxygens (including phenoxy) is 1. The summed E-state index contributed by atoms with van der Waals surface area (Å²) in [7, 11) is 1.68. The number of aromatic nitrogens is 2. The van der Waals surface area contributed by atoms with Crippen molar-refractivity contribution in [3.05, 3.63) is 18.0 Å². The van der Waals surface area contributed by atoms with E-state index in [2.05, 4.69) is 18.9 Å². The van der Waals surface area contributed by atoms with Gasteiger partial charge in [-0.1, -0.05) is 6.92 Å². The van der Waals surface area contributed by atoms with Crippen molar-refractivity contribution in [2.24, 2.45) is 5.73 Å². The SMILES string of the molecule is CCC(C)n1ccc(CC(N)C(C)OC)n1. The number of hydrogen-bond donors (Lipinski definition) is 1. The Labute approximate surface area is 97.8 Å². The van der Waals surface area contributed by atoms with Gasteiger partial charge >= 0.3 is 0 Å². The van der Waals surface area contributed by atoms with E-state index in [1.54, 1.807) is 7.11 Å². The molecule has 0 fully saturated rings. The van der Waals surface area contributed by atoms with Gasteiger partial charge in [0.05, 0.1) is 11.8 Å². The van der Waals surface area contributed by atoms with Crippen LogP contribution in [-0.2, 0) is 11.2 Å². The fourth-order valence-electron chi connectivity index (χ4n) is 1.50. The Morgan fingerprint density at radius 2 is 2.19 bits per heavy atom. The summed E-state index contributed by atoms with van der Waals surface area (Å²) in [6.07, 6.45) is 3.93. The molecule has 3 unspecified atom stereocenters. The van der Waals surface area contributed by atoms with Gasteiger partial charge in [0.15, 0.2) is 0 Å². The average molecular weight is 225 g/mol. The molecular weight excluding hydrogens is 202 g/mol. The maximum atomic E-state index is 6.00. The quantitative estimate of drug-likeness (QED) is 0.802. The summed E-state index contributed by atoms with van der Waals surface area (Å²) in [5.41, 5.74) is 7.04. The third kappa shape index (κ3) is 3.32. The lowest BCUT2D eigenvalue weighted by atomic mass is 10.1. The van der Waals surface area contributed by atoms with E-state index in [1.807, 2.05) is 23.9 Å². The molecule has 4 nitrogen and oxygen atoms in total. The van der Waals surface area contributed by atoms with Gasteiger partial charge in [-0.15, -0.1) is 0 Å². The highest BCUT2D eigenvalue weighted by atomic mass is 16.5. The molecule has 4 heteroatoms. The van der Waals surface area contributed by atoms with E-state index >= 15 is 0 Å². The first-order valence-electron chi connectivity index (χ1n) is 5.90. The van der Waals surface area contributed by atoms with Crippen LogP contribution in [0.25, 0.3) is 0 Å². The molecule has 0 aromatic carbocycles. The van der Waals surface area contributed by atoms with Gasteiger partial charge in [-0.05, 0) is 26.3 Å². The van der Waals surface area contributed by atoms with Gasteiger partial charge in [-0.3, -0.25) is 4.68 Å². The van der Waals surface area contributed by atoms with Crippen LogP contribution in [0.15, 0.2) is 12.3 Å². The van der Waals surface area contributed by atoms with Gasteiger partial charge in [0, 0.05) is 31.8 Å². The van der Waals surface area contributed by atoms with Crippen molar-refractivity contribution in [2.45, 2.75) is 51.8 Å². The van der Waals surface area contributed by atoms with Gasteiger partial charge in [-0.2, -0.15) is 5.10 Å². The Kier molecular flexibility index (Phi) is 4.96. The number of methoxy groups -OCH3 is 1. The summed E-state index contributed by atoms with van der Waals surface area (Å²) in [6, 6.07) is 2.49. The minimum atomic E-state index is 0.00489. The van der Waals surface area contributed by atoms with E-state index in [4.69, 9.17) is 10.5 Å². The zero-order valence-electron chi connectivity index (χ0n) is 10.7. The monoisotopic (exact) mass is 225 g/mol. The molecule has 0 aliphatic heterocycles. The highest BCUT2D eigenvalue weighted by molar-refractivity contribution is 5.02. The molecular formula is C12H23N3O. The molecule has 92 valence electrons. The molecule has 1 rings (SSSR count). The lowest BCUT2D eigenvalue weighted by molar-refractivity contribution is 0.0952. The Bertz CT molecular complexity index is 311. The summed E-state index contributed by atoms with van der Waals surface area (Å²) in [5, 5.41) is 4.52. The van der Waals surface area contributed by atoms with E-state index in [-0.39, 0.29) is 12.1 Å². The Morgan fingerprint density at radius 1 is 1.50 bits per heavy atom. The first-order valence-corrected chi connectivity index (χ1v) is 5.90. The van der Waals surface area contributed by atoms with Crippen LogP contribution in [0.2, 0.25) is 0 Å². The van der Waals surface area contributed by atoms with E-state index in [1.165, 1.54) is 0 Å². The first kappa shape index (κ1) is 13.2. The van der Waals surface area contributed by atoms with Crippen LogP contribution in [-0.4, -0.2) is 29.0 Å². The van der Waals surface area contributed by atoms with Crippen LogP contribution in [0.3, 0.4) is 0 Å². The molecule has 3 atom stereocenters. The summed E-state index contributed by atoms with van der Waals surface area (Å²) in [6.45, 7) is 6.30. The van der Waals surface area contributed by atoms with Crippen molar-refractivity contribution in [3.63, 3.8) is 0 Å². The van der Waals surface area contributed by atoms with E-state index < -0.39 is 0 Å². The van der Waals surface area contributed by atoms with Crippen molar-refractivity contribution in [2.75, 3.05) is 7.11 Å². The second-order valence-corrected chi connectivity index (χ2v) is 4.35. The molecule has 2 N–H and O–H groups in total. The Hall–Kier alpha value is -0.870. The smallest absolute Gasteiger partial charge is 0.0697 e. The molecule has 0 radical (unpaired) electrons. The minimum Gasteiger partial charge on any atom is -0.380 e. The predicted molar refractivity (Wildman–Crippen MR) is 65.4 cm³/mol. The summed E-state index contributed by atoms with van der Waals surface area (Å²) in [5.74, 6) is 0. The van der Waals surface area contributed by atoms with E-state index in [0.717, 1.165) is 18.5 Å². The Morgan fingerprint density at radius 3 is 2.75 bits per heavy atom. The fourth-order valence-corrected chi connectivity index (χ4v) is 1.50. The molecule has 0 bridgehead atoms. The minimum absolute atomic E-state index is 0.00489. The van der Waals surface area contributed by atoms with Crippen molar-refractivity contribution in [1.29, 1.82) is 0 Å². The van der Waals surface area contributed by atoms with Crippen LogP contribution in [0.1, 0.15) is 38.9 Å². The first-order chi connectivity index (χ1) is 7.58.